The maximum atomic E-state index is 4.30. The number of benzene rings is 1. The van der Waals surface area contributed by atoms with Gasteiger partial charge in [-0.1, -0.05) is 17.3 Å². The van der Waals surface area contributed by atoms with E-state index in [0.29, 0.717) is 18.3 Å². The highest BCUT2D eigenvalue weighted by molar-refractivity contribution is 5.73. The van der Waals surface area contributed by atoms with Gasteiger partial charge in [-0.05, 0) is 12.1 Å². The van der Waals surface area contributed by atoms with Gasteiger partial charge >= 0.3 is 0 Å². The molecule has 8 nitrogen and oxygen atoms in total. The lowest BCUT2D eigenvalue weighted by Crippen LogP contribution is -2.06. The van der Waals surface area contributed by atoms with Crippen LogP contribution in [0, 0.1) is 0 Å². The van der Waals surface area contributed by atoms with Crippen LogP contribution in [0.1, 0.15) is 5.82 Å². The van der Waals surface area contributed by atoms with E-state index in [1.165, 1.54) is 0 Å². The van der Waals surface area contributed by atoms with Crippen LogP contribution in [0.2, 0.25) is 0 Å². The Hall–Kier alpha value is -2.64. The molecule has 0 unspecified atom stereocenters. The van der Waals surface area contributed by atoms with Crippen LogP contribution < -0.4 is 5.32 Å². The van der Waals surface area contributed by atoms with Crippen LogP contribution in [0.25, 0.3) is 11.0 Å². The molecule has 0 saturated carbocycles. The highest BCUT2D eigenvalue weighted by Gasteiger charge is 2.02. The topological polar surface area (TPSA) is 105 Å². The van der Waals surface area contributed by atoms with Gasteiger partial charge in [-0.25, -0.2) is 4.98 Å². The minimum atomic E-state index is 0.399. The van der Waals surface area contributed by atoms with Crippen molar-refractivity contribution in [1.29, 1.82) is 0 Å². The molecule has 2 heterocycles. The maximum absolute atomic E-state index is 4.30. The number of aromatic nitrogens is 7. The van der Waals surface area contributed by atoms with Crippen molar-refractivity contribution < 1.29 is 0 Å². The normalized spacial score (nSPS) is 10.6. The zero-order valence-electron chi connectivity index (χ0n) is 8.70. The first-order valence-corrected chi connectivity index (χ1v) is 4.97. The number of H-pyrrole nitrogens is 1. The van der Waals surface area contributed by atoms with E-state index in [1.807, 2.05) is 24.3 Å². The lowest BCUT2D eigenvalue weighted by molar-refractivity contribution is 0.881. The maximum Gasteiger partial charge on any atom is 0.243 e. The van der Waals surface area contributed by atoms with Gasteiger partial charge in [-0.15, -0.1) is 20.4 Å². The molecule has 2 aromatic heterocycles. The summed E-state index contributed by atoms with van der Waals surface area (Å²) in [6.07, 6.45) is 0. The molecule has 0 spiro atoms. The number of hydrogen-bond donors (Lipinski definition) is 2. The predicted molar refractivity (Wildman–Crippen MR) is 58.8 cm³/mol. The van der Waals surface area contributed by atoms with Crippen molar-refractivity contribution in [2.24, 2.45) is 0 Å². The standard InChI is InChI=1S/C9H8N8/c1-2-4-7-6(3-1)11-9(15-12-7)10-5-8-13-16-17-14-8/h1-4H,5H2,(H,10,11,15)(H,13,14,16,17). The van der Waals surface area contributed by atoms with Crippen LogP contribution in [0.15, 0.2) is 24.3 Å². The van der Waals surface area contributed by atoms with Crippen molar-refractivity contribution in [3.63, 3.8) is 0 Å². The molecule has 0 aliphatic heterocycles. The Morgan fingerprint density at radius 1 is 1.06 bits per heavy atom. The second-order valence-corrected chi connectivity index (χ2v) is 3.31. The van der Waals surface area contributed by atoms with Crippen molar-refractivity contribution >= 4 is 17.0 Å². The van der Waals surface area contributed by atoms with Gasteiger partial charge in [0.15, 0.2) is 5.82 Å². The Morgan fingerprint density at radius 3 is 2.76 bits per heavy atom. The fraction of sp³-hybridized carbons (Fsp3) is 0.111. The Labute approximate surface area is 95.5 Å². The summed E-state index contributed by atoms with van der Waals surface area (Å²) in [5.41, 5.74) is 1.55. The lowest BCUT2D eigenvalue weighted by Gasteiger charge is -2.01. The molecular formula is C9H8N8. The summed E-state index contributed by atoms with van der Waals surface area (Å²) in [6.45, 7) is 0.399. The summed E-state index contributed by atoms with van der Waals surface area (Å²) in [4.78, 5) is 4.30. The molecule has 0 aliphatic carbocycles. The van der Waals surface area contributed by atoms with E-state index in [0.717, 1.165) is 11.0 Å². The first-order valence-electron chi connectivity index (χ1n) is 4.97. The first kappa shape index (κ1) is 9.58. The van der Waals surface area contributed by atoms with Crippen LogP contribution >= 0.6 is 0 Å². The van der Waals surface area contributed by atoms with Crippen molar-refractivity contribution in [2.45, 2.75) is 6.54 Å². The van der Waals surface area contributed by atoms with E-state index >= 15 is 0 Å². The van der Waals surface area contributed by atoms with Crippen LogP contribution in [-0.4, -0.2) is 35.8 Å². The minimum Gasteiger partial charge on any atom is -0.345 e. The number of aromatic amines is 1. The van der Waals surface area contributed by atoms with E-state index in [9.17, 15) is 0 Å². The Morgan fingerprint density at radius 2 is 1.94 bits per heavy atom. The smallest absolute Gasteiger partial charge is 0.243 e. The van der Waals surface area contributed by atoms with Crippen molar-refractivity contribution in [1.82, 2.24) is 35.8 Å². The quantitative estimate of drug-likeness (QED) is 0.657. The van der Waals surface area contributed by atoms with Gasteiger partial charge < -0.3 is 5.32 Å². The molecule has 3 aromatic rings. The highest BCUT2D eigenvalue weighted by Crippen LogP contribution is 2.08. The summed E-state index contributed by atoms with van der Waals surface area (Å²) >= 11 is 0. The Bertz CT molecular complexity index is 620. The summed E-state index contributed by atoms with van der Waals surface area (Å²) in [5.74, 6) is 0.982. The van der Waals surface area contributed by atoms with Gasteiger partial charge in [0.25, 0.3) is 0 Å². The molecule has 0 saturated heterocycles. The molecule has 0 fully saturated rings. The largest absolute Gasteiger partial charge is 0.345 e. The number of hydrogen-bond acceptors (Lipinski definition) is 7. The lowest BCUT2D eigenvalue weighted by atomic mass is 10.3. The van der Waals surface area contributed by atoms with E-state index in [1.54, 1.807) is 0 Å². The molecule has 0 aliphatic rings. The average Bonchev–Trinajstić information content (AvgIpc) is 2.89. The van der Waals surface area contributed by atoms with Gasteiger partial charge in [-0.2, -0.15) is 5.21 Å². The van der Waals surface area contributed by atoms with Crippen molar-refractivity contribution in [3.05, 3.63) is 30.1 Å². The molecule has 0 radical (unpaired) electrons. The molecule has 0 amide bonds. The zero-order valence-corrected chi connectivity index (χ0v) is 8.70. The van der Waals surface area contributed by atoms with Gasteiger partial charge in [0.1, 0.15) is 5.52 Å². The number of tetrazole rings is 1. The van der Waals surface area contributed by atoms with Crippen LogP contribution in [0.5, 0.6) is 0 Å². The summed E-state index contributed by atoms with van der Waals surface area (Å²) < 4.78 is 0. The van der Waals surface area contributed by atoms with E-state index in [-0.39, 0.29) is 0 Å². The molecular weight excluding hydrogens is 220 g/mol. The molecule has 0 atom stereocenters. The molecule has 0 bridgehead atoms. The Kier molecular flexibility index (Phi) is 2.30. The van der Waals surface area contributed by atoms with E-state index in [2.05, 4.69) is 41.1 Å². The van der Waals surface area contributed by atoms with E-state index in [4.69, 9.17) is 0 Å². The fourth-order valence-corrected chi connectivity index (χ4v) is 1.37. The second-order valence-electron chi connectivity index (χ2n) is 3.31. The number of para-hydroxylation sites is 1. The highest BCUT2D eigenvalue weighted by atomic mass is 15.5. The first-order chi connectivity index (χ1) is 8.42. The summed E-state index contributed by atoms with van der Waals surface area (Å²) in [6, 6.07) is 7.53. The average molecular weight is 228 g/mol. The monoisotopic (exact) mass is 228 g/mol. The van der Waals surface area contributed by atoms with Crippen molar-refractivity contribution in [3.8, 4) is 0 Å². The number of rotatable bonds is 3. The number of nitrogens with zero attached hydrogens (tertiary/aromatic N) is 6. The summed E-state index contributed by atoms with van der Waals surface area (Å²) in [5, 5.41) is 24.4. The van der Waals surface area contributed by atoms with Crippen LogP contribution in [0.3, 0.4) is 0 Å². The third-order valence-electron chi connectivity index (χ3n) is 2.15. The minimum absolute atomic E-state index is 0.399. The number of fused-ring (bicyclic) bond motifs is 1. The zero-order chi connectivity index (χ0) is 11.5. The fourth-order valence-electron chi connectivity index (χ4n) is 1.37. The molecule has 17 heavy (non-hydrogen) atoms. The third-order valence-corrected chi connectivity index (χ3v) is 2.15. The van der Waals surface area contributed by atoms with Gasteiger partial charge in [-0.3, -0.25) is 0 Å². The molecule has 1 aromatic carbocycles. The molecule has 3 rings (SSSR count). The second kappa shape index (κ2) is 4.08. The summed E-state index contributed by atoms with van der Waals surface area (Å²) in [7, 11) is 0. The third kappa shape index (κ3) is 2.00. The van der Waals surface area contributed by atoms with Crippen LogP contribution in [-0.2, 0) is 6.54 Å². The predicted octanol–water partition coefficient (Wildman–Crippen LogP) is 0.150. The van der Waals surface area contributed by atoms with Crippen LogP contribution in [0.4, 0.5) is 5.95 Å². The van der Waals surface area contributed by atoms with Gasteiger partial charge in [0.05, 0.1) is 12.1 Å². The van der Waals surface area contributed by atoms with Gasteiger partial charge in [0, 0.05) is 0 Å². The molecule has 2 N–H and O–H groups in total. The Balaban J connectivity index is 1.81. The van der Waals surface area contributed by atoms with Crippen molar-refractivity contribution in [2.75, 3.05) is 5.32 Å². The SMILES string of the molecule is c1ccc2nc(NCc3nn[nH]n3)nnc2c1. The number of anilines is 1. The van der Waals surface area contributed by atoms with E-state index < -0.39 is 0 Å². The molecule has 8 heteroatoms. The molecule has 84 valence electrons. The number of nitrogens with one attached hydrogen (secondary N) is 2. The van der Waals surface area contributed by atoms with Gasteiger partial charge in [0.2, 0.25) is 5.95 Å².